The minimum atomic E-state index is -0.970. The third kappa shape index (κ3) is 5.59. The van der Waals surface area contributed by atoms with Crippen molar-refractivity contribution in [1.82, 2.24) is 20.2 Å². The van der Waals surface area contributed by atoms with Crippen molar-refractivity contribution in [3.8, 4) is 35.2 Å². The molecule has 0 spiro atoms. The number of likely N-dealkylation sites (tertiary alicyclic amines) is 1. The number of nitrogens with zero attached hydrogens (tertiary/aromatic N) is 4. The minimum absolute atomic E-state index is 0.0217. The number of halogens is 3. The normalized spacial score (nSPS) is 25.0. The van der Waals surface area contributed by atoms with E-state index in [2.05, 4.69) is 26.0 Å². The summed E-state index contributed by atoms with van der Waals surface area (Å²) in [5, 5.41) is 15.4. The molecule has 8 nitrogen and oxygen atoms in total. The molecular weight excluding hydrogens is 619 g/mol. The van der Waals surface area contributed by atoms with Gasteiger partial charge in [-0.2, -0.15) is 9.97 Å². The number of methoxy groups -OCH3 is 1. The first-order valence-electron chi connectivity index (χ1n) is 16.7. The Kier molecular flexibility index (Phi) is 7.85. The summed E-state index contributed by atoms with van der Waals surface area (Å²) in [5.41, 5.74) is 0.0515. The number of terminal acetylenes is 1. The van der Waals surface area contributed by atoms with Crippen LogP contribution in [-0.2, 0) is 4.74 Å². The lowest BCUT2D eigenvalue weighted by Gasteiger charge is -2.36. The van der Waals surface area contributed by atoms with E-state index < -0.39 is 23.9 Å². The van der Waals surface area contributed by atoms with Gasteiger partial charge in [0, 0.05) is 79.2 Å². The number of nitrogens with one attached hydrogen (secondary N) is 1. The Balaban J connectivity index is 1.19. The number of piperazine rings is 1. The lowest BCUT2D eigenvalue weighted by atomic mass is 9.93. The number of rotatable bonds is 8. The van der Waals surface area contributed by atoms with E-state index in [1.807, 2.05) is 0 Å². The van der Waals surface area contributed by atoms with Crippen molar-refractivity contribution in [2.75, 3.05) is 51.3 Å². The Labute approximate surface area is 277 Å². The Morgan fingerprint density at radius 2 is 1.88 bits per heavy atom. The van der Waals surface area contributed by atoms with Gasteiger partial charge in [0.15, 0.2) is 5.82 Å². The number of fused-ring (bicyclic) bond motifs is 4. The van der Waals surface area contributed by atoms with Crippen LogP contribution in [0, 0.1) is 29.4 Å². The highest BCUT2D eigenvalue weighted by molar-refractivity contribution is 6.04. The molecule has 2 bridgehead atoms. The zero-order chi connectivity index (χ0) is 33.2. The van der Waals surface area contributed by atoms with Crippen molar-refractivity contribution in [3.63, 3.8) is 0 Å². The molecule has 3 aromatic carbocycles. The van der Waals surface area contributed by atoms with Crippen molar-refractivity contribution >= 4 is 27.5 Å². The molecule has 1 saturated carbocycles. The Hall–Kier alpha value is -4.11. The van der Waals surface area contributed by atoms with E-state index >= 15 is 8.78 Å². The number of benzene rings is 3. The fourth-order valence-electron chi connectivity index (χ4n) is 7.95. The van der Waals surface area contributed by atoms with Crippen molar-refractivity contribution in [2.45, 2.75) is 56.5 Å². The quantitative estimate of drug-likeness (QED) is 0.238. The maximum atomic E-state index is 16.9. The van der Waals surface area contributed by atoms with Crippen LogP contribution in [0.4, 0.5) is 19.0 Å². The summed E-state index contributed by atoms with van der Waals surface area (Å²) in [7, 11) is 1.54. The minimum Gasteiger partial charge on any atom is -0.508 e. The van der Waals surface area contributed by atoms with Crippen LogP contribution < -0.4 is 15.0 Å². The Morgan fingerprint density at radius 1 is 1.08 bits per heavy atom. The van der Waals surface area contributed by atoms with Gasteiger partial charge < -0.3 is 24.8 Å². The van der Waals surface area contributed by atoms with E-state index in [-0.39, 0.29) is 51.3 Å². The van der Waals surface area contributed by atoms with Gasteiger partial charge in [0.2, 0.25) is 0 Å². The van der Waals surface area contributed by atoms with Crippen LogP contribution in [0.15, 0.2) is 36.4 Å². The third-order valence-corrected chi connectivity index (χ3v) is 10.6. The molecule has 1 aliphatic carbocycles. The van der Waals surface area contributed by atoms with E-state index in [1.165, 1.54) is 18.2 Å². The van der Waals surface area contributed by atoms with Crippen molar-refractivity contribution < 1.29 is 27.8 Å². The molecule has 4 fully saturated rings. The van der Waals surface area contributed by atoms with Gasteiger partial charge >= 0.3 is 6.01 Å². The summed E-state index contributed by atoms with van der Waals surface area (Å²) in [5.74, 6) is 1.21. The topological polar surface area (TPSA) is 83.0 Å². The number of aromatic hydroxyl groups is 1. The van der Waals surface area contributed by atoms with Gasteiger partial charge in [-0.3, -0.25) is 4.90 Å². The molecule has 0 amide bonds. The van der Waals surface area contributed by atoms with Crippen LogP contribution in [-0.4, -0.2) is 90.8 Å². The monoisotopic (exact) mass is 657 g/mol. The summed E-state index contributed by atoms with van der Waals surface area (Å²) in [6.07, 6.45) is 8.72. The number of hydrogen-bond donors (Lipinski definition) is 2. The van der Waals surface area contributed by atoms with Gasteiger partial charge in [0.05, 0.1) is 12.2 Å². The maximum Gasteiger partial charge on any atom is 0.319 e. The van der Waals surface area contributed by atoms with E-state index in [0.29, 0.717) is 61.4 Å². The van der Waals surface area contributed by atoms with Gasteiger partial charge in [-0.15, -0.1) is 6.42 Å². The average Bonchev–Trinajstić information content (AvgIpc) is 3.77. The molecule has 2 unspecified atom stereocenters. The number of ether oxygens (including phenoxy) is 2. The summed E-state index contributed by atoms with van der Waals surface area (Å²) in [6, 6.07) is 9.85. The lowest BCUT2D eigenvalue weighted by Crippen LogP contribution is -2.51. The molecule has 8 rings (SSSR count). The summed E-state index contributed by atoms with van der Waals surface area (Å²) in [4.78, 5) is 13.7. The number of aromatic nitrogens is 2. The highest BCUT2D eigenvalue weighted by atomic mass is 19.1. The second-order valence-corrected chi connectivity index (χ2v) is 14.0. The maximum absolute atomic E-state index is 16.9. The third-order valence-electron chi connectivity index (χ3n) is 10.6. The fraction of sp³-hybridized carbons (Fsp3) is 0.459. The second kappa shape index (κ2) is 12.1. The van der Waals surface area contributed by atoms with Gasteiger partial charge in [0.1, 0.15) is 35.2 Å². The van der Waals surface area contributed by atoms with E-state index in [0.717, 1.165) is 32.2 Å². The first kappa shape index (κ1) is 31.2. The number of alkyl halides is 1. The molecular formula is C37H38F3N5O3. The molecule has 48 heavy (non-hydrogen) atoms. The van der Waals surface area contributed by atoms with Crippen LogP contribution in [0.25, 0.3) is 32.8 Å². The molecule has 4 aromatic rings. The van der Waals surface area contributed by atoms with Gasteiger partial charge in [0.25, 0.3) is 0 Å². The van der Waals surface area contributed by atoms with E-state index in [1.54, 1.807) is 25.3 Å². The highest BCUT2D eigenvalue weighted by Crippen LogP contribution is 2.47. The number of phenols is 1. The Bertz CT molecular complexity index is 1930. The van der Waals surface area contributed by atoms with Gasteiger partial charge in [-0.05, 0) is 61.8 Å². The largest absolute Gasteiger partial charge is 0.508 e. The van der Waals surface area contributed by atoms with Crippen molar-refractivity contribution in [3.05, 3.63) is 53.6 Å². The van der Waals surface area contributed by atoms with Gasteiger partial charge in [-0.25, -0.2) is 13.2 Å². The first-order chi connectivity index (χ1) is 23.2. The predicted octanol–water partition coefficient (Wildman–Crippen LogP) is 5.57. The standard InChI is InChI=1S/C37H38F3N5O3/c1-3-21-5-4-6-22-13-25(46)14-26(31(21)22)32-29(39)15-27-34(33(32)40)42-36(43-35(27)45-16-23-7-8-24(17-45)41-23)48-20-37(10-11-37)19-44-12-9-28(38)30(18-44)47-2/h1,4-6,13-15,23-24,28,30,41,46H,7-12,16-20H2,2H3/t23?,24?,28-,30-/m1/s1. The smallest absolute Gasteiger partial charge is 0.319 e. The molecule has 0 radical (unpaired) electrons. The van der Waals surface area contributed by atoms with E-state index in [9.17, 15) is 9.50 Å². The average molecular weight is 658 g/mol. The summed E-state index contributed by atoms with van der Waals surface area (Å²) in [6.45, 7) is 3.50. The summed E-state index contributed by atoms with van der Waals surface area (Å²) >= 11 is 0. The lowest BCUT2D eigenvalue weighted by molar-refractivity contribution is -0.0319. The van der Waals surface area contributed by atoms with Crippen molar-refractivity contribution in [1.29, 1.82) is 0 Å². The van der Waals surface area contributed by atoms with Crippen molar-refractivity contribution in [2.24, 2.45) is 5.41 Å². The number of phenolic OH excluding ortho intramolecular Hbond substituents is 1. The van der Waals surface area contributed by atoms with Crippen LogP contribution in [0.1, 0.15) is 37.7 Å². The fourth-order valence-corrected chi connectivity index (χ4v) is 7.95. The summed E-state index contributed by atoms with van der Waals surface area (Å²) < 4.78 is 59.1. The van der Waals surface area contributed by atoms with Gasteiger partial charge in [-0.1, -0.05) is 18.1 Å². The predicted molar refractivity (Wildman–Crippen MR) is 178 cm³/mol. The van der Waals surface area contributed by atoms with Crippen LogP contribution >= 0.6 is 0 Å². The highest BCUT2D eigenvalue weighted by Gasteiger charge is 2.46. The SMILES string of the molecule is C#Cc1cccc2cc(O)cc(-c3c(F)cc4c(N5CC6CCC(C5)N6)nc(OCC5(CN6CC[C@@H](F)[C@H](OC)C6)CC5)nc4c3F)c12. The molecule has 4 heterocycles. The molecule has 3 aliphatic heterocycles. The molecule has 11 heteroatoms. The van der Waals surface area contributed by atoms with Crippen LogP contribution in [0.5, 0.6) is 11.8 Å². The molecule has 4 aliphatic rings. The van der Waals surface area contributed by atoms with Crippen LogP contribution in [0.3, 0.4) is 0 Å². The molecule has 4 atom stereocenters. The zero-order valence-corrected chi connectivity index (χ0v) is 26.8. The van der Waals surface area contributed by atoms with Crippen LogP contribution in [0.2, 0.25) is 0 Å². The number of hydrogen-bond acceptors (Lipinski definition) is 8. The zero-order valence-electron chi connectivity index (χ0n) is 26.8. The van der Waals surface area contributed by atoms with E-state index in [4.69, 9.17) is 20.9 Å². The molecule has 1 aromatic heterocycles. The second-order valence-electron chi connectivity index (χ2n) is 14.0. The first-order valence-corrected chi connectivity index (χ1v) is 16.7. The Morgan fingerprint density at radius 3 is 2.60 bits per heavy atom. The number of piperidine rings is 1. The molecule has 2 N–H and O–H groups in total. The molecule has 250 valence electrons. The number of anilines is 1. The molecule has 3 saturated heterocycles.